The molecule has 1 aliphatic heterocycles. The van der Waals surface area contributed by atoms with Crippen LogP contribution in [0.2, 0.25) is 0 Å². The number of benzene rings is 1. The van der Waals surface area contributed by atoms with Gasteiger partial charge in [0.1, 0.15) is 0 Å². The highest BCUT2D eigenvalue weighted by atomic mass is 16.5. The van der Waals surface area contributed by atoms with E-state index in [-0.39, 0.29) is 42.2 Å². The van der Waals surface area contributed by atoms with Gasteiger partial charge in [0.2, 0.25) is 11.8 Å². The lowest BCUT2D eigenvalue weighted by Crippen LogP contribution is -2.53. The average molecular weight is 518 g/mol. The number of amides is 2. The minimum atomic E-state index is -0.613. The predicted octanol–water partition coefficient (Wildman–Crippen LogP) is 2.98. The minimum absolute atomic E-state index is 0.0123. The summed E-state index contributed by atoms with van der Waals surface area (Å²) in [6, 6.07) is 8.88. The van der Waals surface area contributed by atoms with Crippen LogP contribution in [0, 0.1) is 11.8 Å². The SMILES string of the molecule is CCC(C)C(NC)C(CC(=O)N1CCCC1C(OC)C(C)C(=O)NC(Cc1ccccc1)C(C)=O)OC. The third-order valence-electron chi connectivity index (χ3n) is 7.94. The van der Waals surface area contributed by atoms with E-state index in [1.807, 2.05) is 49.2 Å². The van der Waals surface area contributed by atoms with Crippen molar-refractivity contribution < 1.29 is 23.9 Å². The first-order valence-corrected chi connectivity index (χ1v) is 13.5. The zero-order valence-corrected chi connectivity index (χ0v) is 23.7. The molecule has 0 saturated carbocycles. The van der Waals surface area contributed by atoms with Crippen LogP contribution in [0.3, 0.4) is 0 Å². The molecule has 0 radical (unpaired) electrons. The number of rotatable bonds is 15. The fourth-order valence-corrected chi connectivity index (χ4v) is 5.47. The van der Waals surface area contributed by atoms with Gasteiger partial charge in [0.25, 0.3) is 0 Å². The van der Waals surface area contributed by atoms with E-state index in [1.165, 1.54) is 6.92 Å². The van der Waals surface area contributed by atoms with Gasteiger partial charge in [-0.1, -0.05) is 57.5 Å². The van der Waals surface area contributed by atoms with Gasteiger partial charge < -0.3 is 25.0 Å². The molecule has 1 fully saturated rings. The first-order valence-electron chi connectivity index (χ1n) is 13.5. The van der Waals surface area contributed by atoms with Crippen LogP contribution in [-0.2, 0) is 30.3 Å². The molecule has 1 saturated heterocycles. The molecule has 0 bridgehead atoms. The number of Topliss-reactive ketones (excluding diaryl/α,β-unsaturated/α-hetero) is 1. The van der Waals surface area contributed by atoms with E-state index < -0.39 is 18.1 Å². The molecular formula is C29H47N3O5. The molecule has 37 heavy (non-hydrogen) atoms. The largest absolute Gasteiger partial charge is 0.379 e. The number of likely N-dealkylation sites (tertiary alicyclic amines) is 1. The molecule has 7 atom stereocenters. The predicted molar refractivity (Wildman–Crippen MR) is 145 cm³/mol. The number of hydrogen-bond donors (Lipinski definition) is 2. The lowest BCUT2D eigenvalue weighted by Gasteiger charge is -2.36. The second-order valence-corrected chi connectivity index (χ2v) is 10.3. The van der Waals surface area contributed by atoms with Crippen molar-refractivity contribution in [1.29, 1.82) is 0 Å². The van der Waals surface area contributed by atoms with E-state index in [4.69, 9.17) is 9.47 Å². The molecule has 1 aromatic rings. The Bertz CT molecular complexity index is 864. The van der Waals surface area contributed by atoms with Crippen LogP contribution >= 0.6 is 0 Å². The highest BCUT2D eigenvalue weighted by Gasteiger charge is 2.41. The van der Waals surface area contributed by atoms with E-state index in [2.05, 4.69) is 24.5 Å². The molecule has 0 spiro atoms. The molecule has 7 unspecified atom stereocenters. The van der Waals surface area contributed by atoms with Crippen molar-refractivity contribution in [1.82, 2.24) is 15.5 Å². The Morgan fingerprint density at radius 1 is 1.11 bits per heavy atom. The molecule has 0 aliphatic carbocycles. The Morgan fingerprint density at radius 2 is 1.78 bits per heavy atom. The number of nitrogens with one attached hydrogen (secondary N) is 2. The molecule has 2 rings (SSSR count). The third-order valence-corrected chi connectivity index (χ3v) is 7.94. The maximum atomic E-state index is 13.5. The van der Waals surface area contributed by atoms with Crippen molar-refractivity contribution in [2.75, 3.05) is 27.8 Å². The summed E-state index contributed by atoms with van der Waals surface area (Å²) in [7, 11) is 5.14. The second-order valence-electron chi connectivity index (χ2n) is 10.3. The Hall–Kier alpha value is -2.29. The van der Waals surface area contributed by atoms with Crippen molar-refractivity contribution in [3.8, 4) is 0 Å². The minimum Gasteiger partial charge on any atom is -0.379 e. The quantitative estimate of drug-likeness (QED) is 0.371. The fraction of sp³-hybridized carbons (Fsp3) is 0.690. The molecule has 0 aromatic heterocycles. The molecule has 1 aliphatic rings. The molecule has 8 heteroatoms. The monoisotopic (exact) mass is 517 g/mol. The highest BCUT2D eigenvalue weighted by Crippen LogP contribution is 2.28. The van der Waals surface area contributed by atoms with Crippen LogP contribution in [-0.4, -0.2) is 80.6 Å². The average Bonchev–Trinajstić information content (AvgIpc) is 3.38. The Balaban J connectivity index is 2.10. The fourth-order valence-electron chi connectivity index (χ4n) is 5.47. The molecule has 2 amide bonds. The molecule has 8 nitrogen and oxygen atoms in total. The Kier molecular flexibility index (Phi) is 12.7. The van der Waals surface area contributed by atoms with Gasteiger partial charge in [0.05, 0.1) is 36.6 Å². The van der Waals surface area contributed by atoms with Gasteiger partial charge in [-0.2, -0.15) is 0 Å². The summed E-state index contributed by atoms with van der Waals surface area (Å²) in [5, 5.41) is 6.25. The molecular weight excluding hydrogens is 470 g/mol. The van der Waals surface area contributed by atoms with Crippen LogP contribution in [0.25, 0.3) is 0 Å². The van der Waals surface area contributed by atoms with Gasteiger partial charge in [0.15, 0.2) is 5.78 Å². The number of methoxy groups -OCH3 is 2. The van der Waals surface area contributed by atoms with Crippen molar-refractivity contribution in [3.05, 3.63) is 35.9 Å². The summed E-state index contributed by atoms with van der Waals surface area (Å²) in [6.07, 6.45) is 2.57. The van der Waals surface area contributed by atoms with E-state index in [0.29, 0.717) is 18.9 Å². The normalized spacial score (nSPS) is 20.5. The summed E-state index contributed by atoms with van der Waals surface area (Å²) >= 11 is 0. The van der Waals surface area contributed by atoms with Crippen molar-refractivity contribution in [3.63, 3.8) is 0 Å². The molecule has 2 N–H and O–H groups in total. The van der Waals surface area contributed by atoms with Gasteiger partial charge in [-0.25, -0.2) is 0 Å². The molecule has 1 heterocycles. The summed E-state index contributed by atoms with van der Waals surface area (Å²) < 4.78 is 11.6. The number of carbonyl (C=O) groups is 3. The number of hydrogen-bond acceptors (Lipinski definition) is 6. The summed E-state index contributed by atoms with van der Waals surface area (Å²) in [6.45, 7) is 8.22. The van der Waals surface area contributed by atoms with E-state index in [1.54, 1.807) is 14.2 Å². The van der Waals surface area contributed by atoms with Gasteiger partial charge in [-0.15, -0.1) is 0 Å². The van der Waals surface area contributed by atoms with Crippen LogP contribution < -0.4 is 10.6 Å². The highest BCUT2D eigenvalue weighted by molar-refractivity contribution is 5.88. The number of nitrogens with zero attached hydrogens (tertiary/aromatic N) is 1. The standard InChI is InChI=1S/C29H47N3O5/c1-8-19(2)27(30-5)25(36-6)18-26(34)32-16-12-15-24(32)28(37-7)20(3)29(35)31-23(21(4)33)17-22-13-10-9-11-14-22/h9-11,13-14,19-20,23-25,27-28,30H,8,12,15-18H2,1-7H3,(H,31,35). The summed E-state index contributed by atoms with van der Waals surface area (Å²) in [4.78, 5) is 40.9. The maximum absolute atomic E-state index is 13.5. The van der Waals surface area contributed by atoms with Gasteiger partial charge >= 0.3 is 0 Å². The number of likely N-dealkylation sites (N-methyl/N-ethyl adjacent to an activating group) is 1. The second kappa shape index (κ2) is 15.2. The molecule has 208 valence electrons. The zero-order valence-electron chi connectivity index (χ0n) is 23.7. The van der Waals surface area contributed by atoms with Crippen LogP contribution in [0.4, 0.5) is 0 Å². The van der Waals surface area contributed by atoms with Crippen LogP contribution in [0.5, 0.6) is 0 Å². The lowest BCUT2D eigenvalue weighted by molar-refractivity contribution is -0.142. The lowest BCUT2D eigenvalue weighted by atomic mass is 9.91. The van der Waals surface area contributed by atoms with Crippen LogP contribution in [0.15, 0.2) is 30.3 Å². The van der Waals surface area contributed by atoms with Gasteiger partial charge in [-0.05, 0) is 44.7 Å². The van der Waals surface area contributed by atoms with E-state index >= 15 is 0 Å². The van der Waals surface area contributed by atoms with E-state index in [9.17, 15) is 14.4 Å². The Morgan fingerprint density at radius 3 is 2.32 bits per heavy atom. The third kappa shape index (κ3) is 8.35. The van der Waals surface area contributed by atoms with Crippen molar-refractivity contribution >= 4 is 17.6 Å². The first-order chi connectivity index (χ1) is 17.7. The van der Waals surface area contributed by atoms with Gasteiger partial charge in [0, 0.05) is 26.8 Å². The summed E-state index contributed by atoms with van der Waals surface area (Å²) in [5.74, 6) is -0.508. The number of ketones is 1. The Labute approximate surface area is 222 Å². The van der Waals surface area contributed by atoms with Crippen LogP contribution in [0.1, 0.15) is 58.9 Å². The van der Waals surface area contributed by atoms with Crippen molar-refractivity contribution in [2.24, 2.45) is 11.8 Å². The van der Waals surface area contributed by atoms with E-state index in [0.717, 1.165) is 24.8 Å². The van der Waals surface area contributed by atoms with Crippen molar-refractivity contribution in [2.45, 2.75) is 90.1 Å². The zero-order chi connectivity index (χ0) is 27.5. The topological polar surface area (TPSA) is 97.0 Å². The number of ether oxygens (including phenoxy) is 2. The van der Waals surface area contributed by atoms with Gasteiger partial charge in [-0.3, -0.25) is 14.4 Å². The summed E-state index contributed by atoms with van der Waals surface area (Å²) in [5.41, 5.74) is 0.983. The first kappa shape index (κ1) is 30.9. The number of carbonyl (C=O) groups excluding carboxylic acids is 3. The maximum Gasteiger partial charge on any atom is 0.226 e. The smallest absolute Gasteiger partial charge is 0.226 e. The molecule has 1 aromatic carbocycles.